The maximum Gasteiger partial charge on any atom is 0.170 e. The van der Waals surface area contributed by atoms with Gasteiger partial charge in [-0.15, -0.1) is 0 Å². The van der Waals surface area contributed by atoms with Gasteiger partial charge in [0.15, 0.2) is 5.76 Å². The van der Waals surface area contributed by atoms with Gasteiger partial charge in [0.25, 0.3) is 0 Å². The molecule has 17 heavy (non-hydrogen) atoms. The molecule has 0 aliphatic carbocycles. The zero-order valence-electron chi connectivity index (χ0n) is 9.56. The number of morpholine rings is 1. The van der Waals surface area contributed by atoms with Crippen molar-refractivity contribution in [3.8, 4) is 11.3 Å². The number of aromatic amines is 1. The fourth-order valence-electron chi connectivity index (χ4n) is 1.98. The summed E-state index contributed by atoms with van der Waals surface area (Å²) in [5.74, 6) is 0.723. The molecule has 1 aliphatic rings. The van der Waals surface area contributed by atoms with Gasteiger partial charge in [-0.25, -0.2) is 0 Å². The molecule has 1 atom stereocenters. The van der Waals surface area contributed by atoms with E-state index in [9.17, 15) is 0 Å². The molecular formula is C11H14N4O2. The summed E-state index contributed by atoms with van der Waals surface area (Å²) in [5.41, 5.74) is 2.71. The predicted octanol–water partition coefficient (Wildman–Crippen LogP) is 1.03. The van der Waals surface area contributed by atoms with Crippen LogP contribution in [0.2, 0.25) is 0 Å². The standard InChI is InChI=1S/C11H14N4O2/c1-7-4-9(17-15-7)8-5-13-14-11(8)10-6-12-2-3-16-10/h4-5,10,12H,2-3,6H2,1H3,(H,13,14). The number of nitrogens with one attached hydrogen (secondary N) is 2. The molecule has 6 nitrogen and oxygen atoms in total. The summed E-state index contributed by atoms with van der Waals surface area (Å²) in [6.45, 7) is 4.27. The largest absolute Gasteiger partial charge is 0.369 e. The van der Waals surface area contributed by atoms with Gasteiger partial charge in [0, 0.05) is 19.2 Å². The number of hydrogen-bond acceptors (Lipinski definition) is 5. The third-order valence-corrected chi connectivity index (χ3v) is 2.81. The first-order valence-corrected chi connectivity index (χ1v) is 5.64. The zero-order valence-corrected chi connectivity index (χ0v) is 9.56. The van der Waals surface area contributed by atoms with Crippen LogP contribution in [0.1, 0.15) is 17.5 Å². The van der Waals surface area contributed by atoms with Crippen molar-refractivity contribution in [2.45, 2.75) is 13.0 Å². The van der Waals surface area contributed by atoms with E-state index in [2.05, 4.69) is 20.7 Å². The van der Waals surface area contributed by atoms with Crippen molar-refractivity contribution in [3.05, 3.63) is 23.7 Å². The second kappa shape index (κ2) is 4.31. The maximum atomic E-state index is 5.70. The molecule has 0 bridgehead atoms. The summed E-state index contributed by atoms with van der Waals surface area (Å²) >= 11 is 0. The lowest BCUT2D eigenvalue weighted by Crippen LogP contribution is -2.33. The van der Waals surface area contributed by atoms with E-state index in [1.165, 1.54) is 0 Å². The molecule has 2 aromatic rings. The van der Waals surface area contributed by atoms with Crippen molar-refractivity contribution in [2.75, 3.05) is 19.7 Å². The Morgan fingerprint density at radius 3 is 3.12 bits per heavy atom. The third kappa shape index (κ3) is 1.96. The lowest BCUT2D eigenvalue weighted by atomic mass is 10.1. The Morgan fingerprint density at radius 2 is 2.41 bits per heavy atom. The molecule has 0 saturated carbocycles. The molecule has 2 N–H and O–H groups in total. The summed E-state index contributed by atoms with van der Waals surface area (Å²) in [6, 6.07) is 1.89. The molecule has 1 unspecified atom stereocenters. The average Bonchev–Trinajstić information content (AvgIpc) is 2.98. The Morgan fingerprint density at radius 1 is 1.47 bits per heavy atom. The van der Waals surface area contributed by atoms with E-state index >= 15 is 0 Å². The van der Waals surface area contributed by atoms with Crippen LogP contribution in [0.5, 0.6) is 0 Å². The molecule has 90 valence electrons. The quantitative estimate of drug-likeness (QED) is 0.811. The second-order valence-corrected chi connectivity index (χ2v) is 4.09. The van der Waals surface area contributed by atoms with Gasteiger partial charge in [0.2, 0.25) is 0 Å². The summed E-state index contributed by atoms with van der Waals surface area (Å²) in [7, 11) is 0. The predicted molar refractivity (Wildman–Crippen MR) is 60.4 cm³/mol. The number of H-pyrrole nitrogens is 1. The number of aryl methyl sites for hydroxylation is 1. The van der Waals surface area contributed by atoms with E-state index in [4.69, 9.17) is 9.26 Å². The number of hydrogen-bond donors (Lipinski definition) is 2. The van der Waals surface area contributed by atoms with Crippen molar-refractivity contribution in [1.29, 1.82) is 0 Å². The Hall–Kier alpha value is -1.66. The maximum absolute atomic E-state index is 5.70. The molecule has 0 spiro atoms. The molecule has 1 saturated heterocycles. The van der Waals surface area contributed by atoms with E-state index in [1.807, 2.05) is 13.0 Å². The number of rotatable bonds is 2. The molecule has 0 radical (unpaired) electrons. The minimum absolute atomic E-state index is 0.00773. The Bertz CT molecular complexity index is 499. The first kappa shape index (κ1) is 10.5. The summed E-state index contributed by atoms with van der Waals surface area (Å²) in [6.07, 6.45) is 1.74. The lowest BCUT2D eigenvalue weighted by Gasteiger charge is -2.23. The van der Waals surface area contributed by atoms with E-state index < -0.39 is 0 Å². The Kier molecular flexibility index (Phi) is 2.66. The van der Waals surface area contributed by atoms with Gasteiger partial charge in [0.1, 0.15) is 6.10 Å². The van der Waals surface area contributed by atoms with Crippen molar-refractivity contribution in [3.63, 3.8) is 0 Å². The van der Waals surface area contributed by atoms with Crippen LogP contribution in [0.25, 0.3) is 11.3 Å². The van der Waals surface area contributed by atoms with Crippen LogP contribution >= 0.6 is 0 Å². The number of nitrogens with zero attached hydrogens (tertiary/aromatic N) is 2. The Balaban J connectivity index is 1.93. The van der Waals surface area contributed by atoms with Gasteiger partial charge in [-0.1, -0.05) is 5.16 Å². The van der Waals surface area contributed by atoms with E-state index in [-0.39, 0.29) is 6.10 Å². The van der Waals surface area contributed by atoms with Gasteiger partial charge in [-0.05, 0) is 6.92 Å². The molecular weight excluding hydrogens is 220 g/mol. The normalized spacial score (nSPS) is 20.6. The number of aromatic nitrogens is 3. The minimum Gasteiger partial charge on any atom is -0.369 e. The topological polar surface area (TPSA) is 76.0 Å². The van der Waals surface area contributed by atoms with Gasteiger partial charge in [-0.3, -0.25) is 5.10 Å². The summed E-state index contributed by atoms with van der Waals surface area (Å²) in [5, 5.41) is 14.2. The van der Waals surface area contributed by atoms with Crippen LogP contribution in [-0.4, -0.2) is 35.1 Å². The van der Waals surface area contributed by atoms with E-state index in [0.717, 1.165) is 35.8 Å². The summed E-state index contributed by atoms with van der Waals surface area (Å²) < 4.78 is 10.9. The molecule has 1 aliphatic heterocycles. The SMILES string of the molecule is Cc1cc(-c2cn[nH]c2C2CNCCO2)on1. The van der Waals surface area contributed by atoms with E-state index in [1.54, 1.807) is 6.20 Å². The molecule has 3 rings (SSSR count). The highest BCUT2D eigenvalue weighted by atomic mass is 16.5. The lowest BCUT2D eigenvalue weighted by molar-refractivity contribution is 0.0252. The molecule has 2 aromatic heterocycles. The highest BCUT2D eigenvalue weighted by Gasteiger charge is 2.23. The van der Waals surface area contributed by atoms with Crippen LogP contribution in [0.4, 0.5) is 0 Å². The van der Waals surface area contributed by atoms with Gasteiger partial charge < -0.3 is 14.6 Å². The molecule has 0 amide bonds. The van der Waals surface area contributed by atoms with Gasteiger partial charge >= 0.3 is 0 Å². The van der Waals surface area contributed by atoms with Crippen molar-refractivity contribution in [1.82, 2.24) is 20.7 Å². The van der Waals surface area contributed by atoms with Crippen LogP contribution in [-0.2, 0) is 4.74 Å². The smallest absolute Gasteiger partial charge is 0.170 e. The highest BCUT2D eigenvalue weighted by molar-refractivity contribution is 5.60. The van der Waals surface area contributed by atoms with Crippen molar-refractivity contribution >= 4 is 0 Å². The summed E-state index contributed by atoms with van der Waals surface area (Å²) in [4.78, 5) is 0. The molecule has 3 heterocycles. The first-order valence-electron chi connectivity index (χ1n) is 5.64. The van der Waals surface area contributed by atoms with Gasteiger partial charge in [-0.2, -0.15) is 5.10 Å². The van der Waals surface area contributed by atoms with E-state index in [0.29, 0.717) is 6.61 Å². The third-order valence-electron chi connectivity index (χ3n) is 2.81. The molecule has 1 fully saturated rings. The molecule has 0 aromatic carbocycles. The number of ether oxygens (including phenoxy) is 1. The average molecular weight is 234 g/mol. The van der Waals surface area contributed by atoms with Crippen LogP contribution < -0.4 is 5.32 Å². The zero-order chi connectivity index (χ0) is 11.7. The van der Waals surface area contributed by atoms with Crippen LogP contribution in [0.15, 0.2) is 16.8 Å². The Labute approximate surface area is 98.3 Å². The van der Waals surface area contributed by atoms with Crippen molar-refractivity contribution in [2.24, 2.45) is 0 Å². The van der Waals surface area contributed by atoms with Crippen LogP contribution in [0, 0.1) is 6.92 Å². The molecule has 6 heteroatoms. The monoisotopic (exact) mass is 234 g/mol. The van der Waals surface area contributed by atoms with Crippen molar-refractivity contribution < 1.29 is 9.26 Å². The minimum atomic E-state index is -0.00773. The fourth-order valence-corrected chi connectivity index (χ4v) is 1.98. The second-order valence-electron chi connectivity index (χ2n) is 4.09. The first-order chi connectivity index (χ1) is 8.34. The van der Waals surface area contributed by atoms with Gasteiger partial charge in [0.05, 0.1) is 29.8 Å². The fraction of sp³-hybridized carbons (Fsp3) is 0.455. The van der Waals surface area contributed by atoms with Crippen LogP contribution in [0.3, 0.4) is 0 Å². The highest BCUT2D eigenvalue weighted by Crippen LogP contribution is 2.29.